The fourth-order valence-corrected chi connectivity index (χ4v) is 2.42. The van der Waals surface area contributed by atoms with Crippen LogP contribution in [0.4, 0.5) is 0 Å². The fraction of sp³-hybridized carbons (Fsp3) is 1.00. The summed E-state index contributed by atoms with van der Waals surface area (Å²) in [7, 11) is 0. The molecule has 2 nitrogen and oxygen atoms in total. The van der Waals surface area contributed by atoms with Gasteiger partial charge < -0.3 is 0 Å². The molecule has 0 aliphatic heterocycles. The van der Waals surface area contributed by atoms with Gasteiger partial charge in [-0.2, -0.15) is 0 Å². The van der Waals surface area contributed by atoms with Crippen molar-refractivity contribution in [3.63, 3.8) is 0 Å². The van der Waals surface area contributed by atoms with Crippen molar-refractivity contribution in [2.75, 3.05) is 13.1 Å². The summed E-state index contributed by atoms with van der Waals surface area (Å²) >= 11 is -0.198. The molecule has 0 aliphatic rings. The van der Waals surface area contributed by atoms with Crippen LogP contribution in [0.2, 0.25) is 10.5 Å². The van der Waals surface area contributed by atoms with Gasteiger partial charge in [-0.3, -0.25) is 0 Å². The third kappa shape index (κ3) is 6.46. The Kier molecular flexibility index (Phi) is 6.89. The maximum atomic E-state index is 5.28. The molecule has 0 aromatic heterocycles. The van der Waals surface area contributed by atoms with E-state index in [1.807, 2.05) is 0 Å². The van der Waals surface area contributed by atoms with Gasteiger partial charge >= 0.3 is 50.5 Å². The molecule has 0 rings (SSSR count). The summed E-state index contributed by atoms with van der Waals surface area (Å²) in [6.45, 7) is 1.78. The Morgan fingerprint density at radius 3 is 1.71 bits per heavy atom. The summed E-state index contributed by atoms with van der Waals surface area (Å²) in [4.78, 5) is 0. The number of hydrogen-bond donors (Lipinski definition) is 2. The van der Waals surface area contributed by atoms with Gasteiger partial charge in [0, 0.05) is 0 Å². The first-order valence-electron chi connectivity index (χ1n) is 2.82. The van der Waals surface area contributed by atoms with Crippen LogP contribution in [-0.2, 0) is 0 Å². The van der Waals surface area contributed by atoms with E-state index in [1.165, 1.54) is 10.5 Å². The maximum absolute atomic E-state index is 5.28. The first-order chi connectivity index (χ1) is 3.41. The second-order valence-electron chi connectivity index (χ2n) is 1.64. The van der Waals surface area contributed by atoms with Crippen LogP contribution in [0, 0.1) is 0 Å². The summed E-state index contributed by atoms with van der Waals surface area (Å²) in [5, 5.41) is 2.62. The van der Waals surface area contributed by atoms with Gasteiger partial charge in [-0.15, -0.1) is 0 Å². The van der Waals surface area contributed by atoms with E-state index in [9.17, 15) is 0 Å². The van der Waals surface area contributed by atoms with E-state index < -0.39 is 0 Å². The Labute approximate surface area is 51.1 Å². The van der Waals surface area contributed by atoms with Gasteiger partial charge in [0.2, 0.25) is 0 Å². The normalized spacial score (nSPS) is 9.43. The van der Waals surface area contributed by atoms with E-state index in [1.54, 1.807) is 0 Å². The molecule has 4 N–H and O–H groups in total. The average molecular weight is 163 g/mol. The van der Waals surface area contributed by atoms with Crippen LogP contribution in [0.5, 0.6) is 0 Å². The molecule has 0 aliphatic carbocycles. The Morgan fingerprint density at radius 2 is 1.43 bits per heavy atom. The van der Waals surface area contributed by atoms with E-state index >= 15 is 0 Å². The van der Waals surface area contributed by atoms with E-state index in [4.69, 9.17) is 11.5 Å². The summed E-state index contributed by atoms with van der Waals surface area (Å²) in [6, 6.07) is 0. The zero-order chi connectivity index (χ0) is 5.54. The molecular formula is C4H14GeN2. The molecule has 3 heteroatoms. The zero-order valence-electron chi connectivity index (χ0n) is 4.69. The van der Waals surface area contributed by atoms with Crippen LogP contribution in [0.25, 0.3) is 0 Å². The molecule has 0 radical (unpaired) electrons. The molecular weight excluding hydrogens is 149 g/mol. The van der Waals surface area contributed by atoms with Crippen LogP contribution in [0.15, 0.2) is 0 Å². The third-order valence-electron chi connectivity index (χ3n) is 0.908. The predicted molar refractivity (Wildman–Crippen MR) is 36.3 cm³/mol. The van der Waals surface area contributed by atoms with Gasteiger partial charge in [0.25, 0.3) is 0 Å². The number of rotatable bonds is 4. The summed E-state index contributed by atoms with van der Waals surface area (Å²) in [5.41, 5.74) is 10.6. The molecule has 0 amide bonds. The molecule has 0 fully saturated rings. The molecule has 0 unspecified atom stereocenters. The molecule has 0 saturated carbocycles. The minimum atomic E-state index is -0.198. The third-order valence-corrected chi connectivity index (χ3v) is 4.72. The molecule has 0 spiro atoms. The van der Waals surface area contributed by atoms with Gasteiger partial charge in [-0.1, -0.05) is 0 Å². The van der Waals surface area contributed by atoms with E-state index in [0.717, 1.165) is 13.1 Å². The molecule has 0 atom stereocenters. The van der Waals surface area contributed by atoms with Crippen LogP contribution in [0.1, 0.15) is 0 Å². The van der Waals surface area contributed by atoms with Crippen molar-refractivity contribution in [2.24, 2.45) is 11.5 Å². The molecule has 0 aromatic rings. The standard InChI is InChI=1S/C4H14GeN2/c6-3-1-5-2-4-7/h1-7H2. The van der Waals surface area contributed by atoms with Crippen LogP contribution in [0.3, 0.4) is 0 Å². The first kappa shape index (κ1) is 7.46. The summed E-state index contributed by atoms with van der Waals surface area (Å²) in [6.07, 6.45) is 0. The SMILES string of the molecule is NC[CH2][GeH2][CH2]CN. The fourth-order valence-electron chi connectivity index (χ4n) is 0.465. The van der Waals surface area contributed by atoms with Crippen molar-refractivity contribution >= 4 is 15.4 Å². The molecule has 0 heterocycles. The molecule has 0 bridgehead atoms. The zero-order valence-corrected chi connectivity index (χ0v) is 7.66. The van der Waals surface area contributed by atoms with Gasteiger partial charge in [0.15, 0.2) is 0 Å². The van der Waals surface area contributed by atoms with E-state index in [0.29, 0.717) is 0 Å². The molecule has 0 saturated heterocycles. The Bertz CT molecular complexity index is 28.9. The predicted octanol–water partition coefficient (Wildman–Crippen LogP) is -1.09. The number of hydrogen-bond acceptors (Lipinski definition) is 2. The number of nitrogens with two attached hydrogens (primary N) is 2. The topological polar surface area (TPSA) is 52.0 Å². The summed E-state index contributed by atoms with van der Waals surface area (Å²) in [5.74, 6) is 0. The second kappa shape index (κ2) is 6.46. The van der Waals surface area contributed by atoms with E-state index in [-0.39, 0.29) is 15.4 Å². The van der Waals surface area contributed by atoms with Crippen LogP contribution >= 0.6 is 0 Å². The van der Waals surface area contributed by atoms with E-state index in [2.05, 4.69) is 0 Å². The second-order valence-corrected chi connectivity index (χ2v) is 6.09. The van der Waals surface area contributed by atoms with Gasteiger partial charge in [-0.05, 0) is 0 Å². The van der Waals surface area contributed by atoms with Crippen LogP contribution < -0.4 is 11.5 Å². The Balaban J connectivity index is 2.45. The average Bonchev–Trinajstić information content (AvgIpc) is 1.69. The van der Waals surface area contributed by atoms with Gasteiger partial charge in [-0.25, -0.2) is 0 Å². The van der Waals surface area contributed by atoms with Gasteiger partial charge in [0.1, 0.15) is 0 Å². The Morgan fingerprint density at radius 1 is 1.00 bits per heavy atom. The van der Waals surface area contributed by atoms with Gasteiger partial charge in [0.05, 0.1) is 0 Å². The monoisotopic (exact) mass is 164 g/mol. The molecule has 0 aromatic carbocycles. The Hall–Kier alpha value is 0.463. The van der Waals surface area contributed by atoms with Crippen molar-refractivity contribution in [2.45, 2.75) is 10.5 Å². The van der Waals surface area contributed by atoms with Crippen LogP contribution in [-0.4, -0.2) is 28.5 Å². The minimum absolute atomic E-state index is 0.198. The quantitative estimate of drug-likeness (QED) is 0.408. The summed E-state index contributed by atoms with van der Waals surface area (Å²) < 4.78 is 0. The van der Waals surface area contributed by atoms with Crippen molar-refractivity contribution in [1.29, 1.82) is 0 Å². The molecule has 7 heavy (non-hydrogen) atoms. The first-order valence-corrected chi connectivity index (χ1v) is 7.01. The van der Waals surface area contributed by atoms with Crippen molar-refractivity contribution in [3.8, 4) is 0 Å². The van der Waals surface area contributed by atoms with Crippen molar-refractivity contribution in [3.05, 3.63) is 0 Å². The molecule has 44 valence electrons. The van der Waals surface area contributed by atoms with Crippen molar-refractivity contribution in [1.82, 2.24) is 0 Å². The van der Waals surface area contributed by atoms with Crippen molar-refractivity contribution < 1.29 is 0 Å².